The van der Waals surface area contributed by atoms with Crippen LogP contribution in [-0.4, -0.2) is 45.4 Å². The molecular weight excluding hydrogens is 499 g/mol. The second-order valence-corrected chi connectivity index (χ2v) is 13.2. The number of phenolic OH excluding ortho intramolecular Hbond substituents is 1. The molecule has 4 saturated carbocycles. The van der Waals surface area contributed by atoms with E-state index in [4.69, 9.17) is 0 Å². The van der Waals surface area contributed by atoms with Gasteiger partial charge in [-0.1, -0.05) is 18.2 Å². The molecule has 4 aliphatic carbocycles. The number of nitrogens with zero attached hydrogens (tertiary/aromatic N) is 2. The number of amidine groups is 1. The number of aliphatic hydroxyl groups excluding tert-OH is 1. The van der Waals surface area contributed by atoms with Crippen molar-refractivity contribution in [2.45, 2.75) is 62.8 Å². The van der Waals surface area contributed by atoms with Gasteiger partial charge >= 0.3 is 0 Å². The lowest BCUT2D eigenvalue weighted by atomic mass is 9.48. The number of halogens is 1. The molecule has 6 aliphatic rings. The van der Waals surface area contributed by atoms with Crippen LogP contribution in [0, 0.1) is 23.6 Å². The topological polar surface area (TPSA) is 73.1 Å². The highest BCUT2D eigenvalue weighted by atomic mass is 32.2. The molecule has 2 heterocycles. The van der Waals surface area contributed by atoms with Crippen molar-refractivity contribution in [2.75, 3.05) is 13.2 Å². The standard InChI is InChI=1S/C31H33FN2O3S/c32-26-13-23(12-25(28(26)36)31-14-19-7-20(15-31)9-21(8-19)16-31)22-4-1-3-18(10-22)11-27-29(37)33-30(38-27)34-6-2-5-24(34)17-35/h1,3-4,10-13,19-21,24,35-36H,2,5-9,14-17H2/t19?,20?,21?,24-,31?/m0/s1. The lowest BCUT2D eigenvalue weighted by Gasteiger charge is -2.57. The first-order valence-corrected chi connectivity index (χ1v) is 14.8. The first-order chi connectivity index (χ1) is 18.4. The molecule has 0 spiro atoms. The first-order valence-electron chi connectivity index (χ1n) is 13.9. The van der Waals surface area contributed by atoms with Gasteiger partial charge in [-0.2, -0.15) is 4.99 Å². The van der Waals surface area contributed by atoms with E-state index in [1.54, 1.807) is 0 Å². The number of amides is 1. The average Bonchev–Trinajstić information content (AvgIpc) is 3.51. The quantitative estimate of drug-likeness (QED) is 0.466. The van der Waals surface area contributed by atoms with Crippen molar-refractivity contribution in [1.82, 2.24) is 4.90 Å². The Morgan fingerprint density at radius 3 is 2.53 bits per heavy atom. The number of carbonyl (C=O) groups excluding carboxylic acids is 1. The Morgan fingerprint density at radius 1 is 1.08 bits per heavy atom. The molecule has 5 nitrogen and oxygen atoms in total. The maximum Gasteiger partial charge on any atom is 0.286 e. The molecule has 198 valence electrons. The molecule has 7 heteroatoms. The van der Waals surface area contributed by atoms with E-state index in [1.807, 2.05) is 41.3 Å². The molecule has 1 atom stereocenters. The Balaban J connectivity index is 1.18. The predicted molar refractivity (Wildman–Crippen MR) is 148 cm³/mol. The first kappa shape index (κ1) is 24.4. The van der Waals surface area contributed by atoms with Crippen LogP contribution >= 0.6 is 11.8 Å². The van der Waals surface area contributed by atoms with Crippen LogP contribution in [0.25, 0.3) is 17.2 Å². The van der Waals surface area contributed by atoms with Crippen molar-refractivity contribution in [1.29, 1.82) is 0 Å². The number of rotatable bonds is 4. The number of hydrogen-bond acceptors (Lipinski definition) is 5. The second kappa shape index (κ2) is 9.23. The Kier molecular flexibility index (Phi) is 5.93. The average molecular weight is 533 g/mol. The highest BCUT2D eigenvalue weighted by Crippen LogP contribution is 2.62. The number of hydrogen-bond donors (Lipinski definition) is 2. The molecule has 2 N–H and O–H groups in total. The van der Waals surface area contributed by atoms with Gasteiger partial charge in [0.1, 0.15) is 0 Å². The molecular formula is C31H33FN2O3S. The molecule has 0 unspecified atom stereocenters. The van der Waals surface area contributed by atoms with Crippen LogP contribution in [0.5, 0.6) is 5.75 Å². The minimum Gasteiger partial charge on any atom is -0.505 e. The predicted octanol–water partition coefficient (Wildman–Crippen LogP) is 6.09. The molecule has 8 rings (SSSR count). The van der Waals surface area contributed by atoms with E-state index in [9.17, 15) is 15.0 Å². The summed E-state index contributed by atoms with van der Waals surface area (Å²) >= 11 is 1.35. The van der Waals surface area contributed by atoms with Crippen molar-refractivity contribution in [2.24, 2.45) is 22.7 Å². The zero-order valence-electron chi connectivity index (χ0n) is 21.4. The highest BCUT2D eigenvalue weighted by Gasteiger charge is 2.52. The summed E-state index contributed by atoms with van der Waals surface area (Å²) in [6, 6.07) is 11.3. The zero-order valence-corrected chi connectivity index (χ0v) is 22.2. The smallest absolute Gasteiger partial charge is 0.286 e. The van der Waals surface area contributed by atoms with Crippen molar-refractivity contribution in [3.8, 4) is 16.9 Å². The lowest BCUT2D eigenvalue weighted by Crippen LogP contribution is -2.48. The molecule has 1 amide bonds. The van der Waals surface area contributed by atoms with Gasteiger partial charge in [-0.05, 0) is 127 Å². The van der Waals surface area contributed by atoms with Gasteiger partial charge in [0, 0.05) is 12.1 Å². The Hall–Kier alpha value is -2.64. The van der Waals surface area contributed by atoms with Crippen LogP contribution in [0.4, 0.5) is 4.39 Å². The Morgan fingerprint density at radius 2 is 1.82 bits per heavy atom. The second-order valence-electron chi connectivity index (χ2n) is 12.2. The van der Waals surface area contributed by atoms with Gasteiger partial charge in [0.15, 0.2) is 16.7 Å². The summed E-state index contributed by atoms with van der Waals surface area (Å²) in [5.41, 5.74) is 3.15. The number of thioether (sulfide) groups is 1. The summed E-state index contributed by atoms with van der Waals surface area (Å²) in [6.07, 6.45) is 10.8. The van der Waals surface area contributed by atoms with Gasteiger partial charge in [-0.15, -0.1) is 0 Å². The van der Waals surface area contributed by atoms with E-state index < -0.39 is 5.82 Å². The van der Waals surface area contributed by atoms with E-state index in [1.165, 1.54) is 37.1 Å². The fourth-order valence-corrected chi connectivity index (χ4v) is 9.38. The van der Waals surface area contributed by atoms with Crippen LogP contribution in [0.3, 0.4) is 0 Å². The SMILES string of the molecule is O=C1N=C(N2CCC[C@H]2CO)SC1=Cc1cccc(-c2cc(F)c(O)c(C34CC5CC(CC(C5)C3)C4)c2)c1. The Bertz CT molecular complexity index is 1330. The van der Waals surface area contributed by atoms with Crippen molar-refractivity contribution < 1.29 is 19.4 Å². The molecule has 2 aliphatic heterocycles. The molecule has 0 aromatic heterocycles. The molecule has 4 bridgehead atoms. The van der Waals surface area contributed by atoms with Crippen LogP contribution in [0.1, 0.15) is 62.5 Å². The van der Waals surface area contributed by atoms with Crippen LogP contribution in [-0.2, 0) is 10.2 Å². The van der Waals surface area contributed by atoms with E-state index in [-0.39, 0.29) is 29.7 Å². The lowest BCUT2D eigenvalue weighted by molar-refractivity contribution is -0.113. The minimum atomic E-state index is -0.555. The summed E-state index contributed by atoms with van der Waals surface area (Å²) in [4.78, 5) is 19.5. The number of benzene rings is 2. The Labute approximate surface area is 226 Å². The van der Waals surface area contributed by atoms with Crippen molar-refractivity contribution >= 4 is 28.9 Å². The van der Waals surface area contributed by atoms with E-state index in [0.29, 0.717) is 27.8 Å². The largest absolute Gasteiger partial charge is 0.505 e. The maximum atomic E-state index is 15.2. The number of aromatic hydroxyl groups is 1. The van der Waals surface area contributed by atoms with E-state index in [2.05, 4.69) is 4.99 Å². The molecule has 1 saturated heterocycles. The van der Waals surface area contributed by atoms with Crippen molar-refractivity contribution in [3.63, 3.8) is 0 Å². The normalized spacial score (nSPS) is 33.0. The van der Waals surface area contributed by atoms with Gasteiger partial charge in [-0.3, -0.25) is 4.79 Å². The number of aliphatic imine (C=N–C) groups is 1. The van der Waals surface area contributed by atoms with Gasteiger partial charge in [0.2, 0.25) is 0 Å². The third-order valence-electron chi connectivity index (χ3n) is 9.63. The van der Waals surface area contributed by atoms with E-state index >= 15 is 4.39 Å². The van der Waals surface area contributed by atoms with Gasteiger partial charge in [0.25, 0.3) is 5.91 Å². The molecule has 2 aromatic rings. The van der Waals surface area contributed by atoms with E-state index in [0.717, 1.165) is 60.9 Å². The van der Waals surface area contributed by atoms with Crippen LogP contribution in [0.15, 0.2) is 46.3 Å². The summed E-state index contributed by atoms with van der Waals surface area (Å²) in [5.74, 6) is 1.10. The fourth-order valence-electron chi connectivity index (χ4n) is 8.37. The summed E-state index contributed by atoms with van der Waals surface area (Å²) in [7, 11) is 0. The highest BCUT2D eigenvalue weighted by molar-refractivity contribution is 8.18. The molecule has 5 fully saturated rings. The summed E-state index contributed by atoms with van der Waals surface area (Å²) in [5, 5.41) is 21.2. The number of aliphatic hydroxyl groups is 1. The molecule has 38 heavy (non-hydrogen) atoms. The maximum absolute atomic E-state index is 15.2. The van der Waals surface area contributed by atoms with Gasteiger partial charge in [-0.25, -0.2) is 4.39 Å². The minimum absolute atomic E-state index is 0.0179. The number of carbonyl (C=O) groups is 1. The summed E-state index contributed by atoms with van der Waals surface area (Å²) in [6.45, 7) is 0.856. The fraction of sp³-hybridized carbons (Fsp3) is 0.484. The van der Waals surface area contributed by atoms with Crippen LogP contribution < -0.4 is 0 Å². The van der Waals surface area contributed by atoms with Gasteiger partial charge < -0.3 is 15.1 Å². The van der Waals surface area contributed by atoms with Crippen LogP contribution in [0.2, 0.25) is 0 Å². The third kappa shape index (κ3) is 4.10. The molecule has 0 radical (unpaired) electrons. The number of likely N-dealkylation sites (tertiary alicyclic amines) is 1. The molecule has 2 aromatic carbocycles. The third-order valence-corrected chi connectivity index (χ3v) is 10.7. The number of phenols is 1. The monoisotopic (exact) mass is 532 g/mol. The zero-order chi connectivity index (χ0) is 26.0. The summed E-state index contributed by atoms with van der Waals surface area (Å²) < 4.78 is 15.2. The van der Waals surface area contributed by atoms with Crippen molar-refractivity contribution in [3.05, 3.63) is 58.2 Å². The van der Waals surface area contributed by atoms with Gasteiger partial charge in [0.05, 0.1) is 17.6 Å².